The number of carbonyl (C=O) groups excluding carboxylic acids is 1. The highest BCUT2D eigenvalue weighted by Gasteiger charge is 2.14. The molecule has 1 N–H and O–H groups in total. The van der Waals surface area contributed by atoms with Gasteiger partial charge in [-0.3, -0.25) is 4.79 Å². The summed E-state index contributed by atoms with van der Waals surface area (Å²) in [6.07, 6.45) is 0.908. The van der Waals surface area contributed by atoms with Gasteiger partial charge in [0.25, 0.3) is 5.91 Å². The van der Waals surface area contributed by atoms with Crippen LogP contribution in [0.1, 0.15) is 36.4 Å². The number of benzene rings is 1. The average molecular weight is 231 g/mol. The molecule has 0 aliphatic carbocycles. The molecule has 1 atom stereocenters. The lowest BCUT2D eigenvalue weighted by molar-refractivity contribution is 0.0913. The number of hydrogen-bond acceptors (Lipinski definition) is 2. The van der Waals surface area contributed by atoms with E-state index in [4.69, 9.17) is 4.42 Å². The molecule has 0 saturated heterocycles. The van der Waals surface area contributed by atoms with Crippen LogP contribution in [-0.4, -0.2) is 11.9 Å². The Balaban J connectivity index is 2.30. The summed E-state index contributed by atoms with van der Waals surface area (Å²) in [4.78, 5) is 11.9. The Bertz CT molecular complexity index is 542. The molecule has 1 aromatic carbocycles. The van der Waals surface area contributed by atoms with E-state index in [1.807, 2.05) is 39.0 Å². The van der Waals surface area contributed by atoms with Crippen LogP contribution in [0.3, 0.4) is 0 Å². The first-order valence-corrected chi connectivity index (χ1v) is 5.92. The van der Waals surface area contributed by atoms with Gasteiger partial charge in [-0.1, -0.05) is 25.1 Å². The van der Waals surface area contributed by atoms with E-state index in [0.29, 0.717) is 5.76 Å². The van der Waals surface area contributed by atoms with E-state index >= 15 is 0 Å². The summed E-state index contributed by atoms with van der Waals surface area (Å²) in [7, 11) is 0. The number of carbonyl (C=O) groups is 1. The van der Waals surface area contributed by atoms with E-state index in [0.717, 1.165) is 23.0 Å². The van der Waals surface area contributed by atoms with Crippen molar-refractivity contribution in [1.29, 1.82) is 0 Å². The molecule has 3 nitrogen and oxygen atoms in total. The maximum Gasteiger partial charge on any atom is 0.287 e. The van der Waals surface area contributed by atoms with Crippen LogP contribution >= 0.6 is 0 Å². The lowest BCUT2D eigenvalue weighted by atomic mass is 10.2. The minimum Gasteiger partial charge on any atom is -0.451 e. The van der Waals surface area contributed by atoms with Crippen LogP contribution in [0.2, 0.25) is 0 Å². The fraction of sp³-hybridized carbons (Fsp3) is 0.357. The van der Waals surface area contributed by atoms with Crippen molar-refractivity contribution in [2.24, 2.45) is 0 Å². The first kappa shape index (κ1) is 11.7. The number of furan rings is 1. The number of hydrogen-bond donors (Lipinski definition) is 1. The molecule has 0 saturated carbocycles. The maximum absolute atomic E-state index is 11.9. The molecule has 3 heteroatoms. The largest absolute Gasteiger partial charge is 0.451 e. The van der Waals surface area contributed by atoms with Crippen LogP contribution in [0, 0.1) is 6.92 Å². The third-order valence-corrected chi connectivity index (χ3v) is 2.95. The summed E-state index contributed by atoms with van der Waals surface area (Å²) in [6.45, 7) is 5.99. The molecular weight excluding hydrogens is 214 g/mol. The summed E-state index contributed by atoms with van der Waals surface area (Å²) in [5.41, 5.74) is 1.84. The Labute approximate surface area is 101 Å². The van der Waals surface area contributed by atoms with Gasteiger partial charge in [-0.25, -0.2) is 0 Å². The summed E-state index contributed by atoms with van der Waals surface area (Å²) in [6, 6.07) is 7.84. The SMILES string of the molecule is CC[C@@H](C)NC(=O)c1cc2cccc(C)c2o1. The zero-order valence-electron chi connectivity index (χ0n) is 10.4. The molecule has 1 aromatic heterocycles. The second kappa shape index (κ2) is 4.62. The van der Waals surface area contributed by atoms with Crippen molar-refractivity contribution in [2.45, 2.75) is 33.2 Å². The first-order valence-electron chi connectivity index (χ1n) is 5.92. The van der Waals surface area contributed by atoms with Crippen molar-refractivity contribution < 1.29 is 9.21 Å². The topological polar surface area (TPSA) is 42.2 Å². The molecule has 0 radical (unpaired) electrons. The van der Waals surface area contributed by atoms with E-state index in [1.54, 1.807) is 6.07 Å². The van der Waals surface area contributed by atoms with Crippen LogP contribution in [-0.2, 0) is 0 Å². The molecule has 0 unspecified atom stereocenters. The van der Waals surface area contributed by atoms with Crippen molar-refractivity contribution >= 4 is 16.9 Å². The minimum atomic E-state index is -0.144. The van der Waals surface area contributed by atoms with Crippen LogP contribution in [0.15, 0.2) is 28.7 Å². The summed E-state index contributed by atoms with van der Waals surface area (Å²) < 4.78 is 5.59. The molecule has 17 heavy (non-hydrogen) atoms. The normalized spacial score (nSPS) is 12.6. The van der Waals surface area contributed by atoms with Crippen LogP contribution < -0.4 is 5.32 Å². The molecule has 2 rings (SSSR count). The fourth-order valence-electron chi connectivity index (χ4n) is 1.72. The van der Waals surface area contributed by atoms with Crippen molar-refractivity contribution in [1.82, 2.24) is 5.32 Å². The molecule has 1 amide bonds. The first-order chi connectivity index (χ1) is 8.11. The quantitative estimate of drug-likeness (QED) is 0.880. The maximum atomic E-state index is 11.9. The third kappa shape index (κ3) is 2.33. The van der Waals surface area contributed by atoms with Crippen molar-refractivity contribution in [3.63, 3.8) is 0 Å². The van der Waals surface area contributed by atoms with E-state index < -0.39 is 0 Å². The van der Waals surface area contributed by atoms with Crippen LogP contribution in [0.25, 0.3) is 11.0 Å². The van der Waals surface area contributed by atoms with Gasteiger partial charge in [0.05, 0.1) is 0 Å². The van der Waals surface area contributed by atoms with Gasteiger partial charge in [0, 0.05) is 11.4 Å². The standard InChI is InChI=1S/C14H17NO2/c1-4-10(3)15-14(16)12-8-11-7-5-6-9(2)13(11)17-12/h5-8,10H,4H2,1-3H3,(H,15,16)/t10-/m1/s1. The Hall–Kier alpha value is -1.77. The summed E-state index contributed by atoms with van der Waals surface area (Å²) in [5.74, 6) is 0.240. The highest BCUT2D eigenvalue weighted by molar-refractivity contribution is 5.96. The number of amides is 1. The monoisotopic (exact) mass is 231 g/mol. The number of para-hydroxylation sites is 1. The van der Waals surface area contributed by atoms with Crippen LogP contribution in [0.4, 0.5) is 0 Å². The second-order valence-electron chi connectivity index (χ2n) is 4.39. The summed E-state index contributed by atoms with van der Waals surface area (Å²) in [5, 5.41) is 3.87. The fourth-order valence-corrected chi connectivity index (χ4v) is 1.72. The van der Waals surface area contributed by atoms with Gasteiger partial charge in [-0.05, 0) is 31.9 Å². The van der Waals surface area contributed by atoms with Gasteiger partial charge in [-0.2, -0.15) is 0 Å². The highest BCUT2D eigenvalue weighted by atomic mass is 16.3. The zero-order valence-corrected chi connectivity index (χ0v) is 10.4. The number of rotatable bonds is 3. The predicted octanol–water partition coefficient (Wildman–Crippen LogP) is 3.27. The molecule has 1 heterocycles. The van der Waals surface area contributed by atoms with Gasteiger partial charge >= 0.3 is 0 Å². The van der Waals surface area contributed by atoms with Crippen molar-refractivity contribution in [3.8, 4) is 0 Å². The lowest BCUT2D eigenvalue weighted by Crippen LogP contribution is -2.31. The van der Waals surface area contributed by atoms with Gasteiger partial charge in [0.2, 0.25) is 0 Å². The molecule has 90 valence electrons. The van der Waals surface area contributed by atoms with E-state index in [-0.39, 0.29) is 11.9 Å². The zero-order chi connectivity index (χ0) is 12.4. The highest BCUT2D eigenvalue weighted by Crippen LogP contribution is 2.22. The molecule has 0 aliphatic heterocycles. The number of aryl methyl sites for hydroxylation is 1. The van der Waals surface area contributed by atoms with Crippen molar-refractivity contribution in [2.75, 3.05) is 0 Å². The van der Waals surface area contributed by atoms with Crippen LogP contribution in [0.5, 0.6) is 0 Å². The third-order valence-electron chi connectivity index (χ3n) is 2.95. The molecular formula is C14H17NO2. The lowest BCUT2D eigenvalue weighted by Gasteiger charge is -2.08. The minimum absolute atomic E-state index is 0.144. The van der Waals surface area contributed by atoms with Gasteiger partial charge in [0.1, 0.15) is 5.58 Å². The number of fused-ring (bicyclic) bond motifs is 1. The van der Waals surface area contributed by atoms with Crippen molar-refractivity contribution in [3.05, 3.63) is 35.6 Å². The Morgan fingerprint density at radius 3 is 2.88 bits per heavy atom. The van der Waals surface area contributed by atoms with Gasteiger partial charge < -0.3 is 9.73 Å². The van der Waals surface area contributed by atoms with E-state index in [2.05, 4.69) is 5.32 Å². The molecule has 0 aliphatic rings. The van der Waals surface area contributed by atoms with Gasteiger partial charge in [-0.15, -0.1) is 0 Å². The smallest absolute Gasteiger partial charge is 0.287 e. The molecule has 0 bridgehead atoms. The summed E-state index contributed by atoms with van der Waals surface area (Å²) >= 11 is 0. The Morgan fingerprint density at radius 1 is 1.47 bits per heavy atom. The number of nitrogens with one attached hydrogen (secondary N) is 1. The second-order valence-corrected chi connectivity index (χ2v) is 4.39. The predicted molar refractivity (Wildman–Crippen MR) is 68.2 cm³/mol. The van der Waals surface area contributed by atoms with Gasteiger partial charge in [0.15, 0.2) is 5.76 Å². The molecule has 0 fully saturated rings. The molecule has 2 aromatic rings. The Kier molecular flexibility index (Phi) is 3.18. The molecule has 0 spiro atoms. The Morgan fingerprint density at radius 2 is 2.24 bits per heavy atom. The van der Waals surface area contributed by atoms with E-state index in [9.17, 15) is 4.79 Å². The average Bonchev–Trinajstić information content (AvgIpc) is 2.74. The van der Waals surface area contributed by atoms with E-state index in [1.165, 1.54) is 0 Å².